The van der Waals surface area contributed by atoms with Gasteiger partial charge in [0.1, 0.15) is 17.2 Å². The summed E-state index contributed by atoms with van der Waals surface area (Å²) in [6.45, 7) is 2.97. The van der Waals surface area contributed by atoms with Gasteiger partial charge in [0, 0.05) is 37.1 Å². The van der Waals surface area contributed by atoms with E-state index in [0.717, 1.165) is 61.5 Å². The molecular formula is C30H29F3N4O3. The third-order valence-corrected chi connectivity index (χ3v) is 7.78. The predicted molar refractivity (Wildman–Crippen MR) is 144 cm³/mol. The van der Waals surface area contributed by atoms with E-state index >= 15 is 0 Å². The molecule has 2 bridgehead atoms. The number of carbonyl (C=O) groups is 1. The molecule has 3 aliphatic rings. The van der Waals surface area contributed by atoms with Gasteiger partial charge >= 0.3 is 12.4 Å². The quantitative estimate of drug-likeness (QED) is 0.310. The molecule has 2 aliphatic carbocycles. The molecule has 2 amide bonds. The van der Waals surface area contributed by atoms with Crippen LogP contribution < -0.4 is 20.1 Å². The number of amides is 2. The number of ether oxygens (including phenoxy) is 2. The van der Waals surface area contributed by atoms with Crippen molar-refractivity contribution in [3.63, 3.8) is 0 Å². The van der Waals surface area contributed by atoms with Gasteiger partial charge in [-0.25, -0.2) is 9.78 Å². The number of benzene rings is 2. The van der Waals surface area contributed by atoms with Crippen molar-refractivity contribution in [1.82, 2.24) is 9.88 Å². The van der Waals surface area contributed by atoms with Crippen molar-refractivity contribution in [1.29, 1.82) is 0 Å². The van der Waals surface area contributed by atoms with Gasteiger partial charge in [-0.3, -0.25) is 4.90 Å². The Labute approximate surface area is 230 Å². The number of allylic oxidation sites excluding steroid dienone is 2. The molecule has 10 heteroatoms. The van der Waals surface area contributed by atoms with Crippen LogP contribution in [0.25, 0.3) is 0 Å². The highest BCUT2D eigenvalue weighted by molar-refractivity contribution is 6.00. The van der Waals surface area contributed by atoms with E-state index in [1.807, 2.05) is 12.1 Å². The van der Waals surface area contributed by atoms with E-state index in [-0.39, 0.29) is 11.6 Å². The van der Waals surface area contributed by atoms with Crippen LogP contribution in [0.4, 0.5) is 29.3 Å². The minimum atomic E-state index is -4.78. The maximum atomic E-state index is 12.6. The Balaban J connectivity index is 1.09. The molecule has 3 aromatic rings. The number of anilines is 2. The molecule has 2 N–H and O–H groups in total. The van der Waals surface area contributed by atoms with E-state index in [1.165, 1.54) is 30.5 Å². The van der Waals surface area contributed by atoms with Crippen molar-refractivity contribution >= 4 is 17.4 Å². The molecule has 2 heterocycles. The first kappa shape index (κ1) is 26.2. The fourth-order valence-electron chi connectivity index (χ4n) is 6.02. The van der Waals surface area contributed by atoms with Crippen LogP contribution in [0.1, 0.15) is 24.0 Å². The number of carbonyl (C=O) groups excluding carboxylic acids is 1. The van der Waals surface area contributed by atoms with Crippen LogP contribution in [0.15, 0.2) is 72.9 Å². The maximum Gasteiger partial charge on any atom is 0.573 e. The van der Waals surface area contributed by atoms with Gasteiger partial charge in [0.05, 0.1) is 0 Å². The lowest BCUT2D eigenvalue weighted by Gasteiger charge is -2.33. The van der Waals surface area contributed by atoms with Gasteiger partial charge in [-0.15, -0.1) is 13.2 Å². The zero-order valence-corrected chi connectivity index (χ0v) is 21.7. The van der Waals surface area contributed by atoms with Crippen LogP contribution in [-0.4, -0.2) is 35.4 Å². The first-order valence-corrected chi connectivity index (χ1v) is 13.4. The molecule has 208 valence electrons. The van der Waals surface area contributed by atoms with E-state index in [9.17, 15) is 18.0 Å². The molecule has 6 rings (SSSR count). The lowest BCUT2D eigenvalue weighted by molar-refractivity contribution is -0.274. The highest BCUT2D eigenvalue weighted by Crippen LogP contribution is 2.44. The summed E-state index contributed by atoms with van der Waals surface area (Å²) in [4.78, 5) is 19.5. The zero-order valence-electron chi connectivity index (χ0n) is 21.7. The summed E-state index contributed by atoms with van der Waals surface area (Å²) in [5, 5.41) is 5.30. The fourth-order valence-corrected chi connectivity index (χ4v) is 6.02. The molecule has 0 radical (unpaired) electrons. The van der Waals surface area contributed by atoms with E-state index in [4.69, 9.17) is 4.74 Å². The number of nitrogens with one attached hydrogen (secondary N) is 2. The molecular weight excluding hydrogens is 521 g/mol. The second-order valence-electron chi connectivity index (χ2n) is 10.5. The topological polar surface area (TPSA) is 75.7 Å². The number of alkyl halides is 3. The molecule has 1 aliphatic heterocycles. The molecule has 1 fully saturated rings. The second-order valence-corrected chi connectivity index (χ2v) is 10.5. The van der Waals surface area contributed by atoms with Crippen LogP contribution in [0.2, 0.25) is 0 Å². The minimum absolute atomic E-state index is 0.246. The number of rotatable bonds is 7. The summed E-state index contributed by atoms with van der Waals surface area (Å²) in [5.41, 5.74) is 3.04. The number of aromatic nitrogens is 1. The summed E-state index contributed by atoms with van der Waals surface area (Å²) in [5.74, 6) is 2.83. The highest BCUT2D eigenvalue weighted by Gasteiger charge is 2.37. The van der Waals surface area contributed by atoms with Crippen LogP contribution >= 0.6 is 0 Å². The summed E-state index contributed by atoms with van der Waals surface area (Å²) >= 11 is 0. The Morgan fingerprint density at radius 1 is 1.02 bits per heavy atom. The Kier molecular flexibility index (Phi) is 7.10. The number of urea groups is 1. The van der Waals surface area contributed by atoms with Gasteiger partial charge in [0.25, 0.3) is 0 Å². The van der Waals surface area contributed by atoms with Crippen molar-refractivity contribution in [3.05, 3.63) is 84.1 Å². The van der Waals surface area contributed by atoms with Crippen LogP contribution in [0, 0.1) is 17.8 Å². The largest absolute Gasteiger partial charge is 0.573 e. The number of pyridine rings is 1. The summed E-state index contributed by atoms with van der Waals surface area (Å²) < 4.78 is 47.2. The molecule has 0 spiro atoms. The predicted octanol–water partition coefficient (Wildman–Crippen LogP) is 6.99. The van der Waals surface area contributed by atoms with Gasteiger partial charge in [-0.05, 0) is 85.0 Å². The third kappa shape index (κ3) is 6.07. The lowest BCUT2D eigenvalue weighted by Crippen LogP contribution is -2.35. The normalized spacial score (nSPS) is 21.6. The Morgan fingerprint density at radius 2 is 1.88 bits per heavy atom. The van der Waals surface area contributed by atoms with E-state index in [0.29, 0.717) is 17.1 Å². The van der Waals surface area contributed by atoms with Gasteiger partial charge in [-0.1, -0.05) is 24.3 Å². The average molecular weight is 551 g/mol. The molecule has 0 saturated heterocycles. The summed E-state index contributed by atoms with van der Waals surface area (Å²) in [6.07, 6.45) is 5.07. The van der Waals surface area contributed by atoms with Crippen molar-refractivity contribution in [3.8, 4) is 17.4 Å². The van der Waals surface area contributed by atoms with Crippen LogP contribution in [0.3, 0.4) is 0 Å². The van der Waals surface area contributed by atoms with Gasteiger partial charge in [-0.2, -0.15) is 0 Å². The van der Waals surface area contributed by atoms with E-state index in [2.05, 4.69) is 43.5 Å². The van der Waals surface area contributed by atoms with Crippen molar-refractivity contribution in [2.45, 2.75) is 32.2 Å². The van der Waals surface area contributed by atoms with Crippen molar-refractivity contribution in [2.24, 2.45) is 17.8 Å². The molecule has 1 aromatic heterocycles. The maximum absolute atomic E-state index is 12.6. The van der Waals surface area contributed by atoms with Crippen LogP contribution in [0.5, 0.6) is 17.4 Å². The lowest BCUT2D eigenvalue weighted by atomic mass is 9.91. The summed E-state index contributed by atoms with van der Waals surface area (Å²) in [7, 11) is 0. The van der Waals surface area contributed by atoms with E-state index in [1.54, 1.807) is 18.3 Å². The number of nitrogens with zero attached hydrogens (tertiary/aromatic N) is 2. The Bertz CT molecular complexity index is 1410. The first-order chi connectivity index (χ1) is 19.3. The zero-order chi connectivity index (χ0) is 27.7. The third-order valence-electron chi connectivity index (χ3n) is 7.78. The number of fused-ring (bicyclic) bond motifs is 3. The van der Waals surface area contributed by atoms with Crippen molar-refractivity contribution in [2.75, 3.05) is 23.7 Å². The monoisotopic (exact) mass is 550 g/mol. The van der Waals surface area contributed by atoms with E-state index < -0.39 is 12.4 Å². The SMILES string of the molecule is O=C(Nc1ccc(OC(F)(F)F)cc1)Nc1cccnc1Oc1cccc2c1CCN(CC1CC3C=CC1C3)C2. The van der Waals surface area contributed by atoms with Gasteiger partial charge in [0.2, 0.25) is 5.88 Å². The Morgan fingerprint density at radius 3 is 2.62 bits per heavy atom. The van der Waals surface area contributed by atoms with Gasteiger partial charge < -0.3 is 20.1 Å². The van der Waals surface area contributed by atoms with Crippen molar-refractivity contribution < 1.29 is 27.4 Å². The molecule has 2 aromatic carbocycles. The molecule has 7 nitrogen and oxygen atoms in total. The number of hydrogen-bond donors (Lipinski definition) is 2. The average Bonchev–Trinajstić information content (AvgIpc) is 3.54. The molecule has 1 saturated carbocycles. The second kappa shape index (κ2) is 10.8. The number of hydrogen-bond acceptors (Lipinski definition) is 5. The minimum Gasteiger partial charge on any atom is -0.437 e. The van der Waals surface area contributed by atoms with Gasteiger partial charge in [0.15, 0.2) is 0 Å². The number of halogens is 3. The summed E-state index contributed by atoms with van der Waals surface area (Å²) in [6, 6.07) is 13.7. The molecule has 3 unspecified atom stereocenters. The standard InChI is InChI=1S/C30H29F3N4O3/c31-30(32,33)40-24-10-8-23(9-11-24)35-29(38)36-26-4-2-13-34-28(26)39-27-5-1-3-21-17-37(14-12-25(21)27)18-22-16-19-6-7-20(22)15-19/h1-11,13,19-20,22H,12,14-18H2,(H2,35,36,38). The smallest absolute Gasteiger partial charge is 0.437 e. The molecule has 3 atom stereocenters. The highest BCUT2D eigenvalue weighted by atomic mass is 19.4. The Hall–Kier alpha value is -4.05. The fraction of sp³-hybridized carbons (Fsp3) is 0.333. The molecule has 40 heavy (non-hydrogen) atoms. The van der Waals surface area contributed by atoms with Crippen LogP contribution in [-0.2, 0) is 13.0 Å². The first-order valence-electron chi connectivity index (χ1n) is 13.4.